The number of halogens is 1. The van der Waals surface area contributed by atoms with Crippen molar-refractivity contribution in [2.24, 2.45) is 0 Å². The number of amides is 1. The Hall–Kier alpha value is -2.43. The van der Waals surface area contributed by atoms with Gasteiger partial charge < -0.3 is 4.74 Å². The Kier molecular flexibility index (Phi) is 8.05. The van der Waals surface area contributed by atoms with E-state index >= 15 is 0 Å². The van der Waals surface area contributed by atoms with E-state index in [0.717, 1.165) is 17.0 Å². The minimum absolute atomic E-state index is 0.169. The van der Waals surface area contributed by atoms with Gasteiger partial charge in [0.05, 0.1) is 5.75 Å². The van der Waals surface area contributed by atoms with Gasteiger partial charge in [-0.1, -0.05) is 47.7 Å². The van der Waals surface area contributed by atoms with Crippen molar-refractivity contribution < 1.29 is 9.53 Å². The summed E-state index contributed by atoms with van der Waals surface area (Å²) in [5, 5.41) is 21.9. The molecule has 1 aromatic carbocycles. The molecule has 0 aliphatic heterocycles. The highest BCUT2D eigenvalue weighted by atomic mass is 35.5. The number of nitrogens with zero attached hydrogens (tertiary/aromatic N) is 5. The molecule has 0 aliphatic rings. The van der Waals surface area contributed by atoms with Crippen molar-refractivity contribution in [1.82, 2.24) is 25.0 Å². The van der Waals surface area contributed by atoms with E-state index in [1.54, 1.807) is 12.1 Å². The van der Waals surface area contributed by atoms with Gasteiger partial charge in [0.2, 0.25) is 11.0 Å². The molecule has 0 aliphatic carbocycles. The van der Waals surface area contributed by atoms with Crippen LogP contribution in [0.3, 0.4) is 0 Å². The molecule has 0 saturated heterocycles. The highest BCUT2D eigenvalue weighted by molar-refractivity contribution is 7.99. The zero-order chi connectivity index (χ0) is 22.4. The molecule has 2 aromatic heterocycles. The summed E-state index contributed by atoms with van der Waals surface area (Å²) in [5.41, 5.74) is 0.933. The first-order valence-corrected chi connectivity index (χ1v) is 11.8. The summed E-state index contributed by atoms with van der Waals surface area (Å²) < 4.78 is 7.92. The number of rotatable bonds is 10. The highest BCUT2D eigenvalue weighted by Crippen LogP contribution is 2.27. The first-order chi connectivity index (χ1) is 14.9. The summed E-state index contributed by atoms with van der Waals surface area (Å²) in [4.78, 5) is 12.3. The molecular weight excluding hydrogens is 456 g/mol. The molecule has 31 heavy (non-hydrogen) atoms. The Labute approximate surface area is 194 Å². The van der Waals surface area contributed by atoms with Crippen LogP contribution < -0.4 is 10.1 Å². The van der Waals surface area contributed by atoms with Gasteiger partial charge in [-0.3, -0.25) is 14.7 Å². The molecule has 164 valence electrons. The maximum absolute atomic E-state index is 12.3. The minimum Gasteiger partial charge on any atom is -0.483 e. The number of benzene rings is 1. The summed E-state index contributed by atoms with van der Waals surface area (Å²) in [7, 11) is 0. The Morgan fingerprint density at radius 3 is 2.87 bits per heavy atom. The molecule has 1 unspecified atom stereocenters. The van der Waals surface area contributed by atoms with Gasteiger partial charge in [0.1, 0.15) is 10.8 Å². The van der Waals surface area contributed by atoms with Crippen molar-refractivity contribution in [1.29, 1.82) is 0 Å². The summed E-state index contributed by atoms with van der Waals surface area (Å²) in [6.07, 6.45) is 2.18. The fourth-order valence-electron chi connectivity index (χ4n) is 2.69. The standard InChI is InChI=1S/C20H23ClN6O2S2/c1-5-9-27-18(13(4)29-14-7-8-15(21)12(3)10-14)24-26-20(27)30-11-16(28)22-19-25-23-17(6-2)31-19/h5,7-8,10,13H,1,6,9,11H2,2-4H3,(H,22,25,28). The van der Waals surface area contributed by atoms with E-state index in [-0.39, 0.29) is 17.8 Å². The summed E-state index contributed by atoms with van der Waals surface area (Å²) >= 11 is 8.75. The number of thioether (sulfide) groups is 1. The molecule has 1 N–H and O–H groups in total. The summed E-state index contributed by atoms with van der Waals surface area (Å²) in [6.45, 7) is 10.1. The van der Waals surface area contributed by atoms with E-state index in [9.17, 15) is 4.79 Å². The smallest absolute Gasteiger partial charge is 0.236 e. The Morgan fingerprint density at radius 2 is 2.19 bits per heavy atom. The van der Waals surface area contributed by atoms with Gasteiger partial charge in [-0.2, -0.15) is 0 Å². The lowest BCUT2D eigenvalue weighted by atomic mass is 10.2. The fourth-order valence-corrected chi connectivity index (χ4v) is 4.26. The van der Waals surface area contributed by atoms with Gasteiger partial charge in [-0.05, 0) is 44.0 Å². The number of carbonyl (C=O) groups excluding carboxylic acids is 1. The van der Waals surface area contributed by atoms with Crippen LogP contribution in [0.15, 0.2) is 36.0 Å². The molecule has 11 heteroatoms. The monoisotopic (exact) mass is 478 g/mol. The molecule has 3 aromatic rings. The largest absolute Gasteiger partial charge is 0.483 e. The molecule has 1 amide bonds. The van der Waals surface area contributed by atoms with Gasteiger partial charge in [0.25, 0.3) is 0 Å². The number of ether oxygens (including phenoxy) is 1. The van der Waals surface area contributed by atoms with Crippen molar-refractivity contribution in [2.75, 3.05) is 11.1 Å². The van der Waals surface area contributed by atoms with Crippen LogP contribution in [0.4, 0.5) is 5.13 Å². The third kappa shape index (κ3) is 6.05. The number of nitrogens with one attached hydrogen (secondary N) is 1. The SMILES string of the molecule is C=CCn1c(SCC(=O)Nc2nnc(CC)s2)nnc1C(C)Oc1ccc(Cl)c(C)c1. The number of anilines is 1. The average molecular weight is 479 g/mol. The average Bonchev–Trinajstić information content (AvgIpc) is 3.36. The topological polar surface area (TPSA) is 94.8 Å². The first-order valence-electron chi connectivity index (χ1n) is 9.63. The number of hydrogen-bond donors (Lipinski definition) is 1. The van der Waals surface area contributed by atoms with Crippen LogP contribution in [0.25, 0.3) is 0 Å². The summed E-state index contributed by atoms with van der Waals surface area (Å²) in [6, 6.07) is 5.50. The van der Waals surface area contributed by atoms with Crippen molar-refractivity contribution in [3.05, 3.63) is 52.3 Å². The Bertz CT molecular complexity index is 1070. The van der Waals surface area contributed by atoms with E-state index in [0.29, 0.717) is 33.4 Å². The van der Waals surface area contributed by atoms with Crippen LogP contribution in [0.5, 0.6) is 5.75 Å². The van der Waals surface area contributed by atoms with Crippen molar-refractivity contribution in [3.8, 4) is 5.75 Å². The Morgan fingerprint density at radius 1 is 1.39 bits per heavy atom. The van der Waals surface area contributed by atoms with Gasteiger partial charge in [-0.15, -0.1) is 27.0 Å². The molecule has 0 radical (unpaired) electrons. The van der Waals surface area contributed by atoms with Gasteiger partial charge in [0.15, 0.2) is 17.1 Å². The van der Waals surface area contributed by atoms with Gasteiger partial charge >= 0.3 is 0 Å². The van der Waals surface area contributed by atoms with E-state index in [2.05, 4.69) is 32.3 Å². The first kappa shape index (κ1) is 23.2. The van der Waals surface area contributed by atoms with Crippen LogP contribution in [0.1, 0.15) is 36.3 Å². The molecule has 0 spiro atoms. The van der Waals surface area contributed by atoms with Crippen molar-refractivity contribution >= 4 is 45.7 Å². The quantitative estimate of drug-likeness (QED) is 0.333. The van der Waals surface area contributed by atoms with E-state index in [4.69, 9.17) is 16.3 Å². The lowest BCUT2D eigenvalue weighted by molar-refractivity contribution is -0.113. The lowest BCUT2D eigenvalue weighted by Crippen LogP contribution is -2.15. The number of hydrogen-bond acceptors (Lipinski definition) is 8. The maximum Gasteiger partial charge on any atom is 0.236 e. The van der Waals surface area contributed by atoms with Crippen molar-refractivity contribution in [2.45, 2.75) is 45.0 Å². The molecule has 0 bridgehead atoms. The van der Waals surface area contributed by atoms with Crippen LogP contribution in [0.2, 0.25) is 5.02 Å². The molecule has 3 rings (SSSR count). The third-order valence-electron chi connectivity index (χ3n) is 4.21. The highest BCUT2D eigenvalue weighted by Gasteiger charge is 2.20. The zero-order valence-corrected chi connectivity index (χ0v) is 19.9. The molecule has 1 atom stereocenters. The molecular formula is C20H23ClN6O2S2. The second-order valence-electron chi connectivity index (χ2n) is 6.60. The van der Waals surface area contributed by atoms with E-state index in [1.807, 2.05) is 37.5 Å². The van der Waals surface area contributed by atoms with Crippen LogP contribution in [0, 0.1) is 6.92 Å². The molecule has 8 nitrogen and oxygen atoms in total. The third-order valence-corrected chi connectivity index (χ3v) is 6.58. The number of carbonyl (C=O) groups is 1. The van der Waals surface area contributed by atoms with E-state index < -0.39 is 0 Å². The number of allylic oxidation sites excluding steroid dienone is 1. The second kappa shape index (κ2) is 10.7. The number of aromatic nitrogens is 5. The maximum atomic E-state index is 12.3. The van der Waals surface area contributed by atoms with Crippen LogP contribution >= 0.6 is 34.7 Å². The predicted molar refractivity (Wildman–Crippen MR) is 124 cm³/mol. The van der Waals surface area contributed by atoms with Gasteiger partial charge in [0, 0.05) is 11.6 Å². The Balaban J connectivity index is 1.66. The van der Waals surface area contributed by atoms with Crippen molar-refractivity contribution in [3.63, 3.8) is 0 Å². The van der Waals surface area contributed by atoms with Crippen LogP contribution in [-0.4, -0.2) is 36.6 Å². The second-order valence-corrected chi connectivity index (χ2v) is 9.01. The fraction of sp³-hybridized carbons (Fsp3) is 0.350. The lowest BCUT2D eigenvalue weighted by Gasteiger charge is -2.16. The predicted octanol–water partition coefficient (Wildman–Crippen LogP) is 4.71. The van der Waals surface area contributed by atoms with E-state index in [1.165, 1.54) is 23.1 Å². The minimum atomic E-state index is -0.356. The number of aryl methyl sites for hydroxylation is 2. The zero-order valence-electron chi connectivity index (χ0n) is 17.5. The van der Waals surface area contributed by atoms with Gasteiger partial charge in [-0.25, -0.2) is 0 Å². The molecule has 0 fully saturated rings. The normalized spacial score (nSPS) is 11.9. The molecule has 0 saturated carbocycles. The van der Waals surface area contributed by atoms with Crippen LogP contribution in [-0.2, 0) is 17.8 Å². The molecule has 2 heterocycles. The summed E-state index contributed by atoms with van der Waals surface area (Å²) in [5.74, 6) is 1.33.